The van der Waals surface area contributed by atoms with Gasteiger partial charge in [0.25, 0.3) is 0 Å². The average Bonchev–Trinajstić information content (AvgIpc) is 2.86. The van der Waals surface area contributed by atoms with Crippen LogP contribution in [0.4, 0.5) is 0 Å². The Balaban J connectivity index is 2.23. The first-order chi connectivity index (χ1) is 16.7. The summed E-state index contributed by atoms with van der Waals surface area (Å²) in [6, 6.07) is 15.8. The summed E-state index contributed by atoms with van der Waals surface area (Å²) in [5, 5.41) is 5.43. The van der Waals surface area contributed by atoms with Gasteiger partial charge in [-0.1, -0.05) is 81.8 Å². The normalized spacial score (nSPS) is 14.2. The molecule has 0 aromatic heterocycles. The minimum absolute atomic E-state index is 0.112. The van der Waals surface area contributed by atoms with Crippen LogP contribution >= 0.6 is 0 Å². The molecule has 2 aromatic rings. The Labute approximate surface area is 206 Å². The van der Waals surface area contributed by atoms with Crippen LogP contribution in [0.15, 0.2) is 54.6 Å². The number of hydrogen-bond acceptors (Lipinski definition) is 5. The first-order valence-electron chi connectivity index (χ1n) is 11.8. The molecule has 2 rings (SSSR count). The first-order valence-corrected chi connectivity index (χ1v) is 11.8. The third-order valence-electron chi connectivity index (χ3n) is 6.10. The summed E-state index contributed by atoms with van der Waals surface area (Å²) in [5.74, 6) is -2.99. The molecule has 0 aliphatic rings. The lowest BCUT2D eigenvalue weighted by Crippen LogP contribution is -2.56. The van der Waals surface area contributed by atoms with Crippen molar-refractivity contribution < 1.29 is 23.9 Å². The maximum atomic E-state index is 13.2. The summed E-state index contributed by atoms with van der Waals surface area (Å²) in [6.07, 6.45) is 0.727. The number of benzene rings is 2. The van der Waals surface area contributed by atoms with Crippen molar-refractivity contribution in [2.24, 2.45) is 17.6 Å². The molecule has 0 saturated heterocycles. The van der Waals surface area contributed by atoms with Gasteiger partial charge in [0.2, 0.25) is 17.7 Å². The van der Waals surface area contributed by atoms with Gasteiger partial charge in [-0.05, 0) is 22.6 Å². The van der Waals surface area contributed by atoms with Crippen molar-refractivity contribution in [1.29, 1.82) is 0 Å². The Bertz CT molecular complexity index is 1010. The molecule has 0 radical (unpaired) electrons. The predicted molar refractivity (Wildman–Crippen MR) is 134 cm³/mol. The Kier molecular flexibility index (Phi) is 10.5. The molecule has 0 saturated carbocycles. The monoisotopic (exact) mass is 481 g/mol. The lowest BCUT2D eigenvalue weighted by atomic mass is 9.96. The molecular formula is C27H35N3O5. The van der Waals surface area contributed by atoms with Crippen molar-refractivity contribution in [1.82, 2.24) is 10.6 Å². The van der Waals surface area contributed by atoms with Gasteiger partial charge in [-0.2, -0.15) is 0 Å². The van der Waals surface area contributed by atoms with Crippen LogP contribution in [0.1, 0.15) is 39.2 Å². The van der Waals surface area contributed by atoms with Crippen molar-refractivity contribution in [3.8, 4) is 11.1 Å². The van der Waals surface area contributed by atoms with E-state index in [-0.39, 0.29) is 18.8 Å². The Hall–Kier alpha value is -3.68. The lowest BCUT2D eigenvalue weighted by molar-refractivity contribution is -0.144. The molecule has 4 atom stereocenters. The van der Waals surface area contributed by atoms with Gasteiger partial charge in [-0.25, -0.2) is 0 Å². The Morgan fingerprint density at radius 2 is 1.49 bits per heavy atom. The molecule has 188 valence electrons. The van der Waals surface area contributed by atoms with Crippen LogP contribution in [0.5, 0.6) is 0 Å². The van der Waals surface area contributed by atoms with Crippen molar-refractivity contribution >= 4 is 23.7 Å². The van der Waals surface area contributed by atoms with E-state index in [1.807, 2.05) is 68.4 Å². The fourth-order valence-electron chi connectivity index (χ4n) is 3.63. The van der Waals surface area contributed by atoms with E-state index < -0.39 is 41.7 Å². The van der Waals surface area contributed by atoms with Crippen LogP contribution in [0.2, 0.25) is 0 Å². The van der Waals surface area contributed by atoms with Gasteiger partial charge in [0.05, 0.1) is 13.5 Å². The standard InChI is InChI=1S/C27H35N3O5/c1-5-17(2)24(25(28)32)30-27(34)22(29-26(33)18(3)15-23(31)35-4)16-19-11-13-21(14-12-19)20-9-7-6-8-10-20/h6-14,17-18,22,24H,5,15-16H2,1-4H3,(H2,28,32)(H,29,33)(H,30,34)/t17?,18-,22+,24+/m1/s1. The fourth-order valence-corrected chi connectivity index (χ4v) is 3.63. The van der Waals surface area contributed by atoms with Gasteiger partial charge in [-0.3, -0.25) is 19.2 Å². The molecule has 0 aliphatic carbocycles. The molecule has 1 unspecified atom stereocenters. The minimum Gasteiger partial charge on any atom is -0.469 e. The smallest absolute Gasteiger partial charge is 0.306 e. The zero-order chi connectivity index (χ0) is 26.0. The van der Waals surface area contributed by atoms with E-state index in [4.69, 9.17) is 5.73 Å². The quantitative estimate of drug-likeness (QED) is 0.402. The largest absolute Gasteiger partial charge is 0.469 e. The lowest BCUT2D eigenvalue weighted by Gasteiger charge is -2.26. The molecule has 0 heterocycles. The fraction of sp³-hybridized carbons (Fsp3) is 0.407. The van der Waals surface area contributed by atoms with Crippen LogP contribution < -0.4 is 16.4 Å². The van der Waals surface area contributed by atoms with E-state index in [1.54, 1.807) is 6.92 Å². The number of amides is 3. The third kappa shape index (κ3) is 8.24. The number of rotatable bonds is 12. The van der Waals surface area contributed by atoms with E-state index in [9.17, 15) is 19.2 Å². The number of ether oxygens (including phenoxy) is 1. The first kappa shape index (κ1) is 27.6. The highest BCUT2D eigenvalue weighted by Crippen LogP contribution is 2.20. The van der Waals surface area contributed by atoms with Gasteiger partial charge in [-0.15, -0.1) is 0 Å². The zero-order valence-electron chi connectivity index (χ0n) is 20.7. The SMILES string of the molecule is CCC(C)[C@H](NC(=O)[C@H](Cc1ccc(-c2ccccc2)cc1)NC(=O)[C@H](C)CC(=O)OC)C(N)=O. The van der Waals surface area contributed by atoms with Gasteiger partial charge < -0.3 is 21.1 Å². The van der Waals surface area contributed by atoms with E-state index >= 15 is 0 Å². The van der Waals surface area contributed by atoms with E-state index in [1.165, 1.54) is 7.11 Å². The van der Waals surface area contributed by atoms with E-state index in [0.29, 0.717) is 6.42 Å². The van der Waals surface area contributed by atoms with Crippen LogP contribution in [0.3, 0.4) is 0 Å². The van der Waals surface area contributed by atoms with Crippen molar-refractivity contribution in [3.05, 3.63) is 60.2 Å². The summed E-state index contributed by atoms with van der Waals surface area (Å²) in [4.78, 5) is 49.5. The number of carbonyl (C=O) groups excluding carboxylic acids is 4. The number of methoxy groups -OCH3 is 1. The molecule has 3 amide bonds. The maximum Gasteiger partial charge on any atom is 0.306 e. The van der Waals surface area contributed by atoms with Crippen LogP contribution in [0.25, 0.3) is 11.1 Å². The molecule has 4 N–H and O–H groups in total. The highest BCUT2D eigenvalue weighted by Gasteiger charge is 2.30. The molecule has 0 spiro atoms. The summed E-state index contributed by atoms with van der Waals surface area (Å²) >= 11 is 0. The number of carbonyl (C=O) groups is 4. The highest BCUT2D eigenvalue weighted by molar-refractivity contribution is 5.93. The molecular weight excluding hydrogens is 446 g/mol. The van der Waals surface area contributed by atoms with Crippen LogP contribution in [-0.2, 0) is 30.3 Å². The molecule has 35 heavy (non-hydrogen) atoms. The minimum atomic E-state index is -0.962. The average molecular weight is 482 g/mol. The Morgan fingerprint density at radius 3 is 2.03 bits per heavy atom. The van der Waals surface area contributed by atoms with E-state index in [2.05, 4.69) is 15.4 Å². The van der Waals surface area contributed by atoms with Crippen molar-refractivity contribution in [2.45, 2.75) is 52.1 Å². The number of primary amides is 1. The summed E-state index contributed by atoms with van der Waals surface area (Å²) < 4.78 is 4.63. The summed E-state index contributed by atoms with van der Waals surface area (Å²) in [5.41, 5.74) is 8.43. The van der Waals surface area contributed by atoms with Gasteiger partial charge in [0.15, 0.2) is 0 Å². The summed E-state index contributed by atoms with van der Waals surface area (Å²) in [6.45, 7) is 5.31. The van der Waals surface area contributed by atoms with Crippen LogP contribution in [0, 0.1) is 11.8 Å². The second kappa shape index (κ2) is 13.3. The molecule has 0 bridgehead atoms. The Morgan fingerprint density at radius 1 is 0.886 bits per heavy atom. The van der Waals surface area contributed by atoms with E-state index in [0.717, 1.165) is 16.7 Å². The summed E-state index contributed by atoms with van der Waals surface area (Å²) in [7, 11) is 1.25. The maximum absolute atomic E-state index is 13.2. The molecule has 2 aromatic carbocycles. The second-order valence-electron chi connectivity index (χ2n) is 8.78. The molecule has 0 fully saturated rings. The second-order valence-corrected chi connectivity index (χ2v) is 8.78. The molecule has 0 aliphatic heterocycles. The third-order valence-corrected chi connectivity index (χ3v) is 6.10. The van der Waals surface area contributed by atoms with Crippen LogP contribution in [-0.4, -0.2) is 42.9 Å². The van der Waals surface area contributed by atoms with Gasteiger partial charge >= 0.3 is 5.97 Å². The number of esters is 1. The molecule has 8 nitrogen and oxygen atoms in total. The van der Waals surface area contributed by atoms with Gasteiger partial charge in [0.1, 0.15) is 12.1 Å². The van der Waals surface area contributed by atoms with Gasteiger partial charge in [0, 0.05) is 12.3 Å². The molecule has 8 heteroatoms. The number of nitrogens with one attached hydrogen (secondary N) is 2. The highest BCUT2D eigenvalue weighted by atomic mass is 16.5. The number of nitrogens with two attached hydrogens (primary N) is 1. The zero-order valence-corrected chi connectivity index (χ0v) is 20.7. The topological polar surface area (TPSA) is 128 Å². The van der Waals surface area contributed by atoms with Crippen molar-refractivity contribution in [2.75, 3.05) is 7.11 Å². The predicted octanol–water partition coefficient (Wildman–Crippen LogP) is 2.60. The van der Waals surface area contributed by atoms with Crippen molar-refractivity contribution in [3.63, 3.8) is 0 Å². The number of hydrogen-bond donors (Lipinski definition) is 3.